The number of aromatic nitrogens is 2. The molecule has 1 aromatic carbocycles. The molecule has 0 amide bonds. The zero-order valence-corrected chi connectivity index (χ0v) is 11.5. The van der Waals surface area contributed by atoms with Crippen LogP contribution in [0.25, 0.3) is 0 Å². The fraction of sp³-hybridized carbons (Fsp3) is 0.333. The van der Waals surface area contributed by atoms with Gasteiger partial charge in [-0.1, -0.05) is 18.2 Å². The maximum Gasteiger partial charge on any atom is 0.416 e. The molecule has 3 nitrogen and oxygen atoms in total. The molecule has 0 saturated heterocycles. The van der Waals surface area contributed by atoms with E-state index < -0.39 is 11.7 Å². The molecule has 6 heteroatoms. The molecule has 2 aromatic rings. The highest BCUT2D eigenvalue weighted by Crippen LogP contribution is 2.29. The van der Waals surface area contributed by atoms with E-state index in [2.05, 4.69) is 5.10 Å². The number of benzene rings is 1. The van der Waals surface area contributed by atoms with Crippen molar-refractivity contribution in [1.29, 1.82) is 0 Å². The highest BCUT2D eigenvalue weighted by atomic mass is 19.4. The lowest BCUT2D eigenvalue weighted by Gasteiger charge is -2.08. The lowest BCUT2D eigenvalue weighted by molar-refractivity contribution is -0.137. The molecule has 0 atom stereocenters. The Morgan fingerprint density at radius 1 is 1.24 bits per heavy atom. The third-order valence-electron chi connectivity index (χ3n) is 3.07. The molecule has 0 aliphatic carbocycles. The molecule has 1 aromatic heterocycles. The van der Waals surface area contributed by atoms with Crippen LogP contribution in [0.4, 0.5) is 13.2 Å². The zero-order valence-electron chi connectivity index (χ0n) is 11.5. The van der Waals surface area contributed by atoms with E-state index in [-0.39, 0.29) is 18.6 Å². The summed E-state index contributed by atoms with van der Waals surface area (Å²) in [4.78, 5) is 11.9. The van der Waals surface area contributed by atoms with E-state index in [9.17, 15) is 18.0 Å². The summed E-state index contributed by atoms with van der Waals surface area (Å²) in [6.07, 6.45) is -0.851. The normalized spacial score (nSPS) is 11.6. The van der Waals surface area contributed by atoms with Crippen molar-refractivity contribution in [3.05, 3.63) is 53.3 Å². The van der Waals surface area contributed by atoms with E-state index in [1.807, 2.05) is 6.92 Å². The van der Waals surface area contributed by atoms with Gasteiger partial charge in [-0.2, -0.15) is 18.3 Å². The number of halogens is 3. The summed E-state index contributed by atoms with van der Waals surface area (Å²) in [6.45, 7) is 2.64. The standard InChI is InChI=1S/C15H15F3N2O/c1-2-20-10-12(9-19-20)8-14(21)7-11-4-3-5-13(6-11)15(16,17)18/h3-6,9-10H,2,7-8H2,1H3. The minimum atomic E-state index is -4.39. The van der Waals surface area contributed by atoms with Gasteiger partial charge in [0.15, 0.2) is 0 Å². The third-order valence-corrected chi connectivity index (χ3v) is 3.07. The predicted molar refractivity (Wildman–Crippen MR) is 71.8 cm³/mol. The van der Waals surface area contributed by atoms with Crippen LogP contribution in [0.1, 0.15) is 23.6 Å². The number of carbonyl (C=O) groups is 1. The molecular formula is C15H15F3N2O. The monoisotopic (exact) mass is 296 g/mol. The van der Waals surface area contributed by atoms with Crippen molar-refractivity contribution < 1.29 is 18.0 Å². The Morgan fingerprint density at radius 3 is 2.57 bits per heavy atom. The van der Waals surface area contributed by atoms with Gasteiger partial charge in [0, 0.05) is 25.6 Å². The number of aryl methyl sites for hydroxylation is 1. The van der Waals surface area contributed by atoms with Gasteiger partial charge >= 0.3 is 6.18 Å². The molecule has 0 radical (unpaired) electrons. The van der Waals surface area contributed by atoms with Crippen molar-refractivity contribution in [3.63, 3.8) is 0 Å². The molecule has 0 unspecified atom stereocenters. The van der Waals surface area contributed by atoms with Crippen LogP contribution in [0.15, 0.2) is 36.7 Å². The van der Waals surface area contributed by atoms with Gasteiger partial charge in [-0.3, -0.25) is 9.48 Å². The second kappa shape index (κ2) is 6.11. The summed E-state index contributed by atoms with van der Waals surface area (Å²) in [7, 11) is 0. The highest BCUT2D eigenvalue weighted by Gasteiger charge is 2.30. The van der Waals surface area contributed by atoms with Gasteiger partial charge in [0.25, 0.3) is 0 Å². The molecule has 0 aliphatic rings. The molecule has 2 rings (SSSR count). The number of carbonyl (C=O) groups excluding carboxylic acids is 1. The first-order valence-electron chi connectivity index (χ1n) is 6.57. The predicted octanol–water partition coefficient (Wildman–Crippen LogP) is 3.28. The molecule has 0 saturated carbocycles. The molecule has 21 heavy (non-hydrogen) atoms. The Balaban J connectivity index is 2.02. The van der Waals surface area contributed by atoms with Crippen LogP contribution in [0.2, 0.25) is 0 Å². The van der Waals surface area contributed by atoms with Crippen molar-refractivity contribution in [2.75, 3.05) is 0 Å². The van der Waals surface area contributed by atoms with E-state index in [0.29, 0.717) is 12.1 Å². The smallest absolute Gasteiger partial charge is 0.299 e. The summed E-state index contributed by atoms with van der Waals surface area (Å²) in [6, 6.07) is 4.87. The van der Waals surface area contributed by atoms with E-state index >= 15 is 0 Å². The van der Waals surface area contributed by atoms with E-state index in [4.69, 9.17) is 0 Å². The Morgan fingerprint density at radius 2 is 1.95 bits per heavy atom. The van der Waals surface area contributed by atoms with Crippen molar-refractivity contribution in [3.8, 4) is 0 Å². The summed E-state index contributed by atoms with van der Waals surface area (Å²) >= 11 is 0. The number of hydrogen-bond acceptors (Lipinski definition) is 2. The van der Waals surface area contributed by atoms with Gasteiger partial charge < -0.3 is 0 Å². The number of ketones is 1. The molecule has 0 bridgehead atoms. The fourth-order valence-electron chi connectivity index (χ4n) is 2.05. The summed E-state index contributed by atoms with van der Waals surface area (Å²) in [5.74, 6) is -0.134. The largest absolute Gasteiger partial charge is 0.416 e. The average molecular weight is 296 g/mol. The van der Waals surface area contributed by atoms with Gasteiger partial charge in [0.2, 0.25) is 0 Å². The fourth-order valence-corrected chi connectivity index (χ4v) is 2.05. The maximum atomic E-state index is 12.6. The van der Waals surface area contributed by atoms with E-state index in [1.54, 1.807) is 17.1 Å². The summed E-state index contributed by atoms with van der Waals surface area (Å²) < 4.78 is 39.5. The van der Waals surface area contributed by atoms with Crippen molar-refractivity contribution in [2.24, 2.45) is 0 Å². The topological polar surface area (TPSA) is 34.9 Å². The lowest BCUT2D eigenvalue weighted by atomic mass is 10.0. The first-order chi connectivity index (χ1) is 9.88. The van der Waals surface area contributed by atoms with Crippen molar-refractivity contribution in [1.82, 2.24) is 9.78 Å². The molecule has 0 fully saturated rings. The minimum Gasteiger partial charge on any atom is -0.299 e. The second-order valence-corrected chi connectivity index (χ2v) is 4.79. The van der Waals surface area contributed by atoms with Gasteiger partial charge in [-0.15, -0.1) is 0 Å². The van der Waals surface area contributed by atoms with Crippen LogP contribution in [0.3, 0.4) is 0 Å². The maximum absolute atomic E-state index is 12.6. The Labute approximate surface area is 120 Å². The van der Waals surface area contributed by atoms with Crippen molar-refractivity contribution >= 4 is 5.78 Å². The van der Waals surface area contributed by atoms with Gasteiger partial charge in [0.05, 0.1) is 11.8 Å². The molecule has 1 heterocycles. The number of alkyl halides is 3. The van der Waals surface area contributed by atoms with Gasteiger partial charge in [-0.25, -0.2) is 0 Å². The Kier molecular flexibility index (Phi) is 4.45. The Bertz CT molecular complexity index is 632. The number of rotatable bonds is 5. The van der Waals surface area contributed by atoms with E-state index in [1.165, 1.54) is 12.1 Å². The summed E-state index contributed by atoms with van der Waals surface area (Å²) in [5.41, 5.74) is 0.415. The van der Waals surface area contributed by atoms with Gasteiger partial charge in [-0.05, 0) is 24.1 Å². The average Bonchev–Trinajstić information content (AvgIpc) is 2.85. The first kappa shape index (κ1) is 15.3. The van der Waals surface area contributed by atoms with Crippen LogP contribution in [-0.2, 0) is 30.4 Å². The quantitative estimate of drug-likeness (QED) is 0.848. The number of hydrogen-bond donors (Lipinski definition) is 0. The van der Waals surface area contributed by atoms with Crippen LogP contribution >= 0.6 is 0 Å². The molecule has 0 spiro atoms. The first-order valence-corrected chi connectivity index (χ1v) is 6.57. The number of nitrogens with zero attached hydrogens (tertiary/aromatic N) is 2. The van der Waals surface area contributed by atoms with Gasteiger partial charge in [0.1, 0.15) is 5.78 Å². The Hall–Kier alpha value is -2.11. The third kappa shape index (κ3) is 4.18. The highest BCUT2D eigenvalue weighted by molar-refractivity contribution is 5.83. The lowest BCUT2D eigenvalue weighted by Crippen LogP contribution is -2.09. The molecule has 112 valence electrons. The van der Waals surface area contributed by atoms with E-state index in [0.717, 1.165) is 17.7 Å². The second-order valence-electron chi connectivity index (χ2n) is 4.79. The zero-order chi connectivity index (χ0) is 15.5. The van der Waals surface area contributed by atoms with Crippen LogP contribution < -0.4 is 0 Å². The SMILES string of the molecule is CCn1cc(CC(=O)Cc2cccc(C(F)(F)F)c2)cn1. The molecule has 0 aliphatic heterocycles. The van der Waals surface area contributed by atoms with Crippen LogP contribution in [-0.4, -0.2) is 15.6 Å². The molecule has 0 N–H and O–H groups in total. The van der Waals surface area contributed by atoms with Crippen LogP contribution in [0.5, 0.6) is 0 Å². The van der Waals surface area contributed by atoms with Crippen LogP contribution in [0, 0.1) is 0 Å². The van der Waals surface area contributed by atoms with Crippen molar-refractivity contribution in [2.45, 2.75) is 32.5 Å². The minimum absolute atomic E-state index is 0.0127. The number of Topliss-reactive ketones (excluding diaryl/α,β-unsaturated/α-hetero) is 1. The molecular weight excluding hydrogens is 281 g/mol. The summed E-state index contributed by atoms with van der Waals surface area (Å²) in [5, 5.41) is 4.06.